The predicted octanol–water partition coefficient (Wildman–Crippen LogP) is 3.41. The number of ether oxygens (including phenoxy) is 1. The molecule has 1 aliphatic carbocycles. The first-order chi connectivity index (χ1) is 8.61. The van der Waals surface area contributed by atoms with Crippen LogP contribution in [0.15, 0.2) is 18.2 Å². The molecule has 1 atom stereocenters. The van der Waals surface area contributed by atoms with E-state index in [0.29, 0.717) is 18.1 Å². The molecule has 2 rings (SSSR count). The Morgan fingerprint density at radius 3 is 2.83 bits per heavy atom. The van der Waals surface area contributed by atoms with E-state index in [1.54, 1.807) is 6.07 Å². The fraction of sp³-hybridized carbons (Fsp3) is 0.500. The number of carbonyl (C=O) groups excluding carboxylic acids is 1. The van der Waals surface area contributed by atoms with Gasteiger partial charge in [-0.15, -0.1) is 0 Å². The first kappa shape index (κ1) is 13.5. The summed E-state index contributed by atoms with van der Waals surface area (Å²) < 4.78 is 18.8. The number of carbonyl (C=O) groups is 1. The van der Waals surface area contributed by atoms with E-state index >= 15 is 0 Å². The molecule has 0 N–H and O–H groups in total. The summed E-state index contributed by atoms with van der Waals surface area (Å²) in [6.45, 7) is 2.41. The van der Waals surface area contributed by atoms with Gasteiger partial charge in [0.2, 0.25) is 0 Å². The van der Waals surface area contributed by atoms with Crippen molar-refractivity contribution in [2.75, 3.05) is 6.61 Å². The van der Waals surface area contributed by atoms with E-state index in [-0.39, 0.29) is 23.3 Å². The second-order valence-electron chi connectivity index (χ2n) is 4.60. The maximum atomic E-state index is 13.3. The number of benzene rings is 1. The lowest BCUT2D eigenvalue weighted by atomic mass is 10.0. The summed E-state index contributed by atoms with van der Waals surface area (Å²) in [4.78, 5) is 12.1. The van der Waals surface area contributed by atoms with Gasteiger partial charge in [0, 0.05) is 13.0 Å². The number of hydrogen-bond donors (Lipinski definition) is 0. The zero-order valence-corrected chi connectivity index (χ0v) is 11.0. The highest BCUT2D eigenvalue weighted by molar-refractivity contribution is 6.30. The minimum Gasteiger partial charge on any atom is -0.370 e. The molecule has 0 heterocycles. The Morgan fingerprint density at radius 2 is 2.28 bits per heavy atom. The molecule has 2 nitrogen and oxygen atoms in total. The fourth-order valence-corrected chi connectivity index (χ4v) is 2.14. The first-order valence-electron chi connectivity index (χ1n) is 6.20. The lowest BCUT2D eigenvalue weighted by Crippen LogP contribution is -2.28. The molecular formula is C14H16ClFO2. The minimum atomic E-state index is -0.485. The van der Waals surface area contributed by atoms with E-state index in [9.17, 15) is 9.18 Å². The van der Waals surface area contributed by atoms with E-state index in [2.05, 4.69) is 0 Å². The zero-order chi connectivity index (χ0) is 13.1. The van der Waals surface area contributed by atoms with Crippen molar-refractivity contribution in [3.05, 3.63) is 34.6 Å². The SMILES string of the molecule is CCOC(C(=O)Cc1ccc(Cl)c(F)c1)C1CC1. The molecular weight excluding hydrogens is 255 g/mol. The van der Waals surface area contributed by atoms with Crippen LogP contribution in [0.2, 0.25) is 5.02 Å². The average molecular weight is 271 g/mol. The highest BCUT2D eigenvalue weighted by atomic mass is 35.5. The number of ketones is 1. The van der Waals surface area contributed by atoms with Gasteiger partial charge in [-0.2, -0.15) is 0 Å². The maximum Gasteiger partial charge on any atom is 0.166 e. The number of Topliss-reactive ketones (excluding diaryl/α,β-unsaturated/α-hetero) is 1. The number of hydrogen-bond acceptors (Lipinski definition) is 2. The summed E-state index contributed by atoms with van der Waals surface area (Å²) in [5, 5.41) is 0.0785. The normalized spacial score (nSPS) is 16.6. The summed E-state index contributed by atoms with van der Waals surface area (Å²) in [7, 11) is 0. The van der Waals surface area contributed by atoms with Crippen LogP contribution in [0.25, 0.3) is 0 Å². The monoisotopic (exact) mass is 270 g/mol. The third kappa shape index (κ3) is 3.30. The standard InChI is InChI=1S/C14H16ClFO2/c1-2-18-14(10-4-5-10)13(17)8-9-3-6-11(15)12(16)7-9/h3,6-7,10,14H,2,4-5,8H2,1H3. The maximum absolute atomic E-state index is 13.3. The molecule has 4 heteroatoms. The van der Waals surface area contributed by atoms with Gasteiger partial charge in [-0.05, 0) is 43.4 Å². The minimum absolute atomic E-state index is 0.0288. The summed E-state index contributed by atoms with van der Waals surface area (Å²) in [5.74, 6) is -0.1000. The van der Waals surface area contributed by atoms with Crippen LogP contribution in [0, 0.1) is 11.7 Å². The van der Waals surface area contributed by atoms with Gasteiger partial charge < -0.3 is 4.74 Å². The van der Waals surface area contributed by atoms with Gasteiger partial charge in [0.25, 0.3) is 0 Å². The van der Waals surface area contributed by atoms with Gasteiger partial charge in [0.1, 0.15) is 11.9 Å². The third-order valence-electron chi connectivity index (χ3n) is 3.08. The summed E-state index contributed by atoms with van der Waals surface area (Å²) >= 11 is 5.61. The van der Waals surface area contributed by atoms with E-state index < -0.39 is 5.82 Å². The van der Waals surface area contributed by atoms with Crippen LogP contribution in [0.4, 0.5) is 4.39 Å². The topological polar surface area (TPSA) is 26.3 Å². The predicted molar refractivity (Wildman–Crippen MR) is 68.3 cm³/mol. The molecule has 98 valence electrons. The molecule has 0 amide bonds. The van der Waals surface area contributed by atoms with Gasteiger partial charge in [0.15, 0.2) is 5.78 Å². The van der Waals surface area contributed by atoms with Gasteiger partial charge in [-0.25, -0.2) is 4.39 Å². The van der Waals surface area contributed by atoms with Crippen LogP contribution in [0.3, 0.4) is 0 Å². The van der Waals surface area contributed by atoms with E-state index in [1.165, 1.54) is 12.1 Å². The van der Waals surface area contributed by atoms with Crippen molar-refractivity contribution in [3.63, 3.8) is 0 Å². The fourth-order valence-electron chi connectivity index (χ4n) is 2.02. The van der Waals surface area contributed by atoms with Gasteiger partial charge in [-0.3, -0.25) is 4.79 Å². The quantitative estimate of drug-likeness (QED) is 0.792. The van der Waals surface area contributed by atoms with Crippen molar-refractivity contribution < 1.29 is 13.9 Å². The summed E-state index contributed by atoms with van der Waals surface area (Å²) in [6, 6.07) is 4.47. The van der Waals surface area contributed by atoms with E-state index in [0.717, 1.165) is 12.8 Å². The Bertz CT molecular complexity index is 443. The van der Waals surface area contributed by atoms with Crippen LogP contribution in [0.5, 0.6) is 0 Å². The van der Waals surface area contributed by atoms with Gasteiger partial charge in [0.05, 0.1) is 5.02 Å². The number of halogens is 2. The Kier molecular flexibility index (Phi) is 4.36. The smallest absolute Gasteiger partial charge is 0.166 e. The van der Waals surface area contributed by atoms with Gasteiger partial charge in [-0.1, -0.05) is 17.7 Å². The van der Waals surface area contributed by atoms with Crippen molar-refractivity contribution in [2.24, 2.45) is 5.92 Å². The Labute approximate surface area is 111 Å². The second kappa shape index (κ2) is 5.81. The van der Waals surface area contributed by atoms with Crippen molar-refractivity contribution in [2.45, 2.75) is 32.3 Å². The van der Waals surface area contributed by atoms with Crippen molar-refractivity contribution >= 4 is 17.4 Å². The highest BCUT2D eigenvalue weighted by Crippen LogP contribution is 2.35. The highest BCUT2D eigenvalue weighted by Gasteiger charge is 2.36. The third-order valence-corrected chi connectivity index (χ3v) is 3.38. The molecule has 0 saturated heterocycles. The molecule has 0 radical (unpaired) electrons. The molecule has 0 spiro atoms. The number of rotatable bonds is 6. The Morgan fingerprint density at radius 1 is 1.56 bits per heavy atom. The molecule has 0 aromatic heterocycles. The largest absolute Gasteiger partial charge is 0.370 e. The molecule has 0 bridgehead atoms. The lowest BCUT2D eigenvalue weighted by Gasteiger charge is -2.15. The van der Waals surface area contributed by atoms with Crippen LogP contribution >= 0.6 is 11.6 Å². The molecule has 0 aliphatic heterocycles. The van der Waals surface area contributed by atoms with Crippen LogP contribution in [-0.2, 0) is 16.0 Å². The lowest BCUT2D eigenvalue weighted by molar-refractivity contribution is -0.130. The van der Waals surface area contributed by atoms with E-state index in [4.69, 9.17) is 16.3 Å². The van der Waals surface area contributed by atoms with Gasteiger partial charge >= 0.3 is 0 Å². The second-order valence-corrected chi connectivity index (χ2v) is 5.01. The Balaban J connectivity index is 2.02. The molecule has 1 aromatic rings. The average Bonchev–Trinajstić information content (AvgIpc) is 3.15. The zero-order valence-electron chi connectivity index (χ0n) is 10.3. The van der Waals surface area contributed by atoms with Crippen molar-refractivity contribution in [3.8, 4) is 0 Å². The molecule has 18 heavy (non-hydrogen) atoms. The van der Waals surface area contributed by atoms with Crippen LogP contribution < -0.4 is 0 Å². The molecule has 1 saturated carbocycles. The first-order valence-corrected chi connectivity index (χ1v) is 6.58. The molecule has 1 unspecified atom stereocenters. The van der Waals surface area contributed by atoms with Crippen molar-refractivity contribution in [1.82, 2.24) is 0 Å². The molecule has 1 fully saturated rings. The van der Waals surface area contributed by atoms with Crippen LogP contribution in [-0.4, -0.2) is 18.5 Å². The summed E-state index contributed by atoms with van der Waals surface area (Å²) in [5.41, 5.74) is 0.646. The Hall–Kier alpha value is -0.930. The molecule has 1 aliphatic rings. The molecule has 1 aromatic carbocycles. The summed E-state index contributed by atoms with van der Waals surface area (Å²) in [6.07, 6.45) is 1.97. The van der Waals surface area contributed by atoms with Crippen molar-refractivity contribution in [1.29, 1.82) is 0 Å². The van der Waals surface area contributed by atoms with Crippen LogP contribution in [0.1, 0.15) is 25.3 Å². The van der Waals surface area contributed by atoms with E-state index in [1.807, 2.05) is 6.92 Å².